The van der Waals surface area contributed by atoms with Gasteiger partial charge in [-0.15, -0.1) is 0 Å². The van der Waals surface area contributed by atoms with Gasteiger partial charge in [0.1, 0.15) is 0 Å². The van der Waals surface area contributed by atoms with Gasteiger partial charge in [0, 0.05) is 19.6 Å². The third-order valence-corrected chi connectivity index (χ3v) is 4.36. The van der Waals surface area contributed by atoms with Crippen molar-refractivity contribution >= 4 is 17.8 Å². The molecule has 1 atom stereocenters. The number of β-amino-alcohol motifs (C(OH)–C–C–N with tert-alkyl or cyclic N) is 1. The van der Waals surface area contributed by atoms with Crippen LogP contribution in [-0.4, -0.2) is 53.3 Å². The van der Waals surface area contributed by atoms with E-state index in [4.69, 9.17) is 0 Å². The number of aliphatic hydroxyl groups excluding tert-OH is 1. The molecule has 0 bridgehead atoms. The van der Waals surface area contributed by atoms with Crippen molar-refractivity contribution in [2.45, 2.75) is 39.2 Å². The van der Waals surface area contributed by atoms with Crippen LogP contribution < -0.4 is 5.32 Å². The number of aliphatic hydroxyl groups is 1. The highest BCUT2D eigenvalue weighted by molar-refractivity contribution is 7.99. The molecule has 0 aromatic heterocycles. The lowest BCUT2D eigenvalue weighted by Crippen LogP contribution is -2.47. The zero-order chi connectivity index (χ0) is 13.4. The van der Waals surface area contributed by atoms with Crippen LogP contribution >= 0.6 is 11.8 Å². The average molecular weight is 274 g/mol. The van der Waals surface area contributed by atoms with E-state index in [0.717, 1.165) is 44.0 Å². The van der Waals surface area contributed by atoms with Gasteiger partial charge in [0.25, 0.3) is 0 Å². The fourth-order valence-electron chi connectivity index (χ4n) is 1.94. The Balaban J connectivity index is 2.02. The van der Waals surface area contributed by atoms with E-state index in [1.165, 1.54) is 5.75 Å². The van der Waals surface area contributed by atoms with Crippen LogP contribution in [0.25, 0.3) is 0 Å². The van der Waals surface area contributed by atoms with Crippen LogP contribution in [0.2, 0.25) is 0 Å². The maximum absolute atomic E-state index is 11.8. The van der Waals surface area contributed by atoms with Crippen molar-refractivity contribution in [2.75, 3.05) is 31.1 Å². The molecule has 0 spiro atoms. The molecule has 0 unspecified atom stereocenters. The van der Waals surface area contributed by atoms with Crippen molar-refractivity contribution in [1.82, 2.24) is 10.2 Å². The molecule has 1 aliphatic heterocycles. The number of thioether (sulfide) groups is 1. The van der Waals surface area contributed by atoms with Gasteiger partial charge in [-0.25, -0.2) is 4.79 Å². The van der Waals surface area contributed by atoms with Crippen molar-refractivity contribution < 1.29 is 9.90 Å². The first kappa shape index (κ1) is 15.6. The zero-order valence-corrected chi connectivity index (χ0v) is 12.3. The van der Waals surface area contributed by atoms with E-state index in [0.29, 0.717) is 6.54 Å². The summed E-state index contributed by atoms with van der Waals surface area (Å²) in [5.41, 5.74) is 0. The molecule has 18 heavy (non-hydrogen) atoms. The number of urea groups is 1. The van der Waals surface area contributed by atoms with Crippen molar-refractivity contribution in [3.8, 4) is 0 Å². The molecule has 2 N–H and O–H groups in total. The van der Waals surface area contributed by atoms with Gasteiger partial charge < -0.3 is 15.3 Å². The second-order valence-corrected chi connectivity index (χ2v) is 6.45. The molecule has 1 rings (SSSR count). The number of rotatable bonds is 6. The van der Waals surface area contributed by atoms with Gasteiger partial charge in [0.15, 0.2) is 0 Å². The molecule has 106 valence electrons. The summed E-state index contributed by atoms with van der Waals surface area (Å²) in [5, 5.41) is 12.4. The van der Waals surface area contributed by atoms with Gasteiger partial charge in [-0.3, -0.25) is 0 Å². The molecule has 0 aliphatic carbocycles. The molecule has 1 fully saturated rings. The minimum absolute atomic E-state index is 0.0254. The number of hydrogen-bond acceptors (Lipinski definition) is 3. The standard InChI is InChI=1S/C13H26N2O2S/c1-11(2)10-18-8-4-6-14-13(17)15-7-3-5-12(16)9-15/h11-12,16H,3-10H2,1-2H3,(H,14,17)/t12-/m0/s1. The topological polar surface area (TPSA) is 52.6 Å². The highest BCUT2D eigenvalue weighted by Gasteiger charge is 2.21. The first-order chi connectivity index (χ1) is 8.59. The van der Waals surface area contributed by atoms with E-state index in [2.05, 4.69) is 19.2 Å². The fraction of sp³-hybridized carbons (Fsp3) is 0.923. The molecular formula is C13H26N2O2S. The monoisotopic (exact) mass is 274 g/mol. The second kappa shape index (κ2) is 8.64. The van der Waals surface area contributed by atoms with Gasteiger partial charge in [-0.2, -0.15) is 11.8 Å². The minimum atomic E-state index is -0.342. The molecule has 1 aliphatic rings. The molecule has 2 amide bonds. The number of piperidine rings is 1. The Labute approximate surface area is 115 Å². The summed E-state index contributed by atoms with van der Waals surface area (Å²) in [6.07, 6.45) is 2.39. The van der Waals surface area contributed by atoms with Gasteiger partial charge in [0.05, 0.1) is 6.10 Å². The average Bonchev–Trinajstić information content (AvgIpc) is 2.33. The molecule has 5 heteroatoms. The van der Waals surface area contributed by atoms with E-state index < -0.39 is 0 Å². The van der Waals surface area contributed by atoms with Gasteiger partial charge >= 0.3 is 6.03 Å². The number of amides is 2. The predicted octanol–water partition coefficient (Wildman–Crippen LogP) is 1.93. The normalized spacial score (nSPS) is 20.2. The van der Waals surface area contributed by atoms with Crippen molar-refractivity contribution in [3.63, 3.8) is 0 Å². The Morgan fingerprint density at radius 1 is 1.56 bits per heavy atom. The van der Waals surface area contributed by atoms with Crippen molar-refractivity contribution in [3.05, 3.63) is 0 Å². The molecular weight excluding hydrogens is 248 g/mol. The second-order valence-electron chi connectivity index (χ2n) is 5.30. The third kappa shape index (κ3) is 6.50. The van der Waals surface area contributed by atoms with Crippen LogP contribution in [0, 0.1) is 5.92 Å². The lowest BCUT2D eigenvalue weighted by atomic mass is 10.1. The van der Waals surface area contributed by atoms with Gasteiger partial charge in [-0.1, -0.05) is 13.8 Å². The smallest absolute Gasteiger partial charge is 0.317 e. The Hall–Kier alpha value is -0.420. The first-order valence-electron chi connectivity index (χ1n) is 6.88. The van der Waals surface area contributed by atoms with Crippen LogP contribution in [0.4, 0.5) is 4.79 Å². The zero-order valence-electron chi connectivity index (χ0n) is 11.5. The molecule has 0 aromatic carbocycles. The molecule has 1 heterocycles. The molecule has 4 nitrogen and oxygen atoms in total. The Kier molecular flexibility index (Phi) is 7.51. The predicted molar refractivity (Wildman–Crippen MR) is 77.0 cm³/mol. The molecule has 0 saturated carbocycles. The summed E-state index contributed by atoms with van der Waals surface area (Å²) < 4.78 is 0. The SMILES string of the molecule is CC(C)CSCCCNC(=O)N1CCC[C@H](O)C1. The first-order valence-corrected chi connectivity index (χ1v) is 8.03. The van der Waals surface area contributed by atoms with Crippen molar-refractivity contribution in [1.29, 1.82) is 0 Å². The van der Waals surface area contributed by atoms with E-state index in [9.17, 15) is 9.90 Å². The van der Waals surface area contributed by atoms with Crippen LogP contribution in [0.5, 0.6) is 0 Å². The summed E-state index contributed by atoms with van der Waals surface area (Å²) in [7, 11) is 0. The number of carbonyl (C=O) groups is 1. The van der Waals surface area contributed by atoms with Crippen LogP contribution in [0.15, 0.2) is 0 Å². The maximum Gasteiger partial charge on any atom is 0.317 e. The Morgan fingerprint density at radius 2 is 2.33 bits per heavy atom. The Bertz CT molecular complexity index is 249. The highest BCUT2D eigenvalue weighted by atomic mass is 32.2. The summed E-state index contributed by atoms with van der Waals surface area (Å²) in [6, 6.07) is -0.0254. The van der Waals surface area contributed by atoms with Gasteiger partial charge in [0.2, 0.25) is 0 Å². The van der Waals surface area contributed by atoms with E-state index in [-0.39, 0.29) is 12.1 Å². The third-order valence-electron chi connectivity index (χ3n) is 2.88. The maximum atomic E-state index is 11.8. The largest absolute Gasteiger partial charge is 0.391 e. The van der Waals surface area contributed by atoms with Gasteiger partial charge in [-0.05, 0) is 36.7 Å². The number of likely N-dealkylation sites (tertiary alicyclic amines) is 1. The number of carbonyl (C=O) groups excluding carboxylic acids is 1. The summed E-state index contributed by atoms with van der Waals surface area (Å²) >= 11 is 1.94. The summed E-state index contributed by atoms with van der Waals surface area (Å²) in [6.45, 7) is 6.42. The molecule has 1 saturated heterocycles. The van der Waals surface area contributed by atoms with E-state index in [1.807, 2.05) is 11.8 Å². The molecule has 0 aromatic rings. The number of nitrogens with one attached hydrogen (secondary N) is 1. The fourth-order valence-corrected chi connectivity index (χ4v) is 2.93. The number of hydrogen-bond donors (Lipinski definition) is 2. The van der Waals surface area contributed by atoms with Crippen molar-refractivity contribution in [2.24, 2.45) is 5.92 Å². The Morgan fingerprint density at radius 3 is 3.00 bits per heavy atom. The van der Waals surface area contributed by atoms with Crippen LogP contribution in [-0.2, 0) is 0 Å². The highest BCUT2D eigenvalue weighted by Crippen LogP contribution is 2.10. The summed E-state index contributed by atoms with van der Waals surface area (Å²) in [4.78, 5) is 13.5. The quantitative estimate of drug-likeness (QED) is 0.728. The lowest BCUT2D eigenvalue weighted by Gasteiger charge is -2.30. The van der Waals surface area contributed by atoms with E-state index >= 15 is 0 Å². The van der Waals surface area contributed by atoms with E-state index in [1.54, 1.807) is 4.90 Å². The minimum Gasteiger partial charge on any atom is -0.391 e. The molecule has 0 radical (unpaired) electrons. The van der Waals surface area contributed by atoms with Crippen LogP contribution in [0.1, 0.15) is 33.1 Å². The number of nitrogens with zero attached hydrogens (tertiary/aromatic N) is 1. The lowest BCUT2D eigenvalue weighted by molar-refractivity contribution is 0.0843. The van der Waals surface area contributed by atoms with Crippen LogP contribution in [0.3, 0.4) is 0 Å². The summed E-state index contributed by atoms with van der Waals surface area (Å²) in [5.74, 6) is 3.02.